The Balaban J connectivity index is 1.79. The van der Waals surface area contributed by atoms with Crippen LogP contribution >= 0.6 is 11.8 Å². The average Bonchev–Trinajstić information content (AvgIpc) is 3.24. The van der Waals surface area contributed by atoms with Crippen LogP contribution in [0.3, 0.4) is 0 Å². The van der Waals surface area contributed by atoms with Crippen LogP contribution < -0.4 is 11.0 Å². The maximum absolute atomic E-state index is 11.7. The molecule has 2 aromatic heterocycles. The normalized spacial score (nSPS) is 16.3. The van der Waals surface area contributed by atoms with E-state index in [-0.39, 0.29) is 11.7 Å². The summed E-state index contributed by atoms with van der Waals surface area (Å²) in [6.07, 6.45) is 3.97. The van der Waals surface area contributed by atoms with Gasteiger partial charge in [0.1, 0.15) is 5.03 Å². The van der Waals surface area contributed by atoms with Crippen molar-refractivity contribution in [2.24, 2.45) is 0 Å². The number of hydrogen-bond acceptors (Lipinski definition) is 5. The Morgan fingerprint density at radius 2 is 2.30 bits per heavy atom. The monoisotopic (exact) mass is 291 g/mol. The van der Waals surface area contributed by atoms with Gasteiger partial charge >= 0.3 is 5.69 Å². The molecular formula is C13H17N5OS. The van der Waals surface area contributed by atoms with Gasteiger partial charge in [-0.25, -0.2) is 14.9 Å². The summed E-state index contributed by atoms with van der Waals surface area (Å²) in [7, 11) is 1.92. The molecule has 2 heterocycles. The molecule has 1 aliphatic rings. The van der Waals surface area contributed by atoms with E-state index in [0.717, 1.165) is 23.4 Å². The van der Waals surface area contributed by atoms with Crippen molar-refractivity contribution in [2.75, 3.05) is 7.05 Å². The van der Waals surface area contributed by atoms with Gasteiger partial charge in [-0.15, -0.1) is 5.10 Å². The number of H-pyrrole nitrogens is 1. The van der Waals surface area contributed by atoms with Crippen molar-refractivity contribution in [3.05, 3.63) is 34.4 Å². The minimum atomic E-state index is -0.129. The van der Waals surface area contributed by atoms with Gasteiger partial charge in [-0.05, 0) is 50.2 Å². The summed E-state index contributed by atoms with van der Waals surface area (Å²) >= 11 is 1.42. The summed E-state index contributed by atoms with van der Waals surface area (Å²) in [5.74, 6) is 0. The average molecular weight is 291 g/mol. The third-order valence-electron chi connectivity index (χ3n) is 3.47. The standard InChI is InChI=1S/C13H17N5OS/c1-8(14-2)9-3-6-11(15-7-9)20-13-17-16-12(19)18(13)10-4-5-10/h3,6-8,10,14H,4-5H2,1-2H3,(H,16,19). The summed E-state index contributed by atoms with van der Waals surface area (Å²) in [6, 6.07) is 4.59. The van der Waals surface area contributed by atoms with Crippen molar-refractivity contribution in [3.63, 3.8) is 0 Å². The number of nitrogens with one attached hydrogen (secondary N) is 2. The van der Waals surface area contributed by atoms with E-state index in [9.17, 15) is 4.79 Å². The highest BCUT2D eigenvalue weighted by Gasteiger charge is 2.28. The molecule has 1 unspecified atom stereocenters. The van der Waals surface area contributed by atoms with Gasteiger partial charge in [0.15, 0.2) is 5.16 Å². The highest BCUT2D eigenvalue weighted by Crippen LogP contribution is 2.37. The molecule has 0 radical (unpaired) electrons. The molecule has 7 heteroatoms. The second-order valence-corrected chi connectivity index (χ2v) is 5.94. The van der Waals surface area contributed by atoms with Gasteiger partial charge in [0.05, 0.1) is 0 Å². The lowest BCUT2D eigenvalue weighted by Gasteiger charge is -2.10. The van der Waals surface area contributed by atoms with Crippen molar-refractivity contribution < 1.29 is 0 Å². The molecule has 1 saturated carbocycles. The zero-order valence-corrected chi connectivity index (χ0v) is 12.3. The lowest BCUT2D eigenvalue weighted by molar-refractivity contribution is 0.641. The summed E-state index contributed by atoms with van der Waals surface area (Å²) in [4.78, 5) is 16.1. The first-order valence-electron chi connectivity index (χ1n) is 6.67. The molecule has 0 aromatic carbocycles. The second-order valence-electron chi connectivity index (χ2n) is 4.95. The fourth-order valence-electron chi connectivity index (χ4n) is 1.99. The number of pyridine rings is 1. The Hall–Kier alpha value is -1.60. The highest BCUT2D eigenvalue weighted by molar-refractivity contribution is 7.99. The first-order chi connectivity index (χ1) is 9.69. The van der Waals surface area contributed by atoms with Crippen LogP contribution in [0.4, 0.5) is 0 Å². The highest BCUT2D eigenvalue weighted by atomic mass is 32.2. The maximum Gasteiger partial charge on any atom is 0.344 e. The first-order valence-corrected chi connectivity index (χ1v) is 7.48. The van der Waals surface area contributed by atoms with Gasteiger partial charge in [0.2, 0.25) is 0 Å². The van der Waals surface area contributed by atoms with Crippen LogP contribution in [0.15, 0.2) is 33.3 Å². The molecular weight excluding hydrogens is 274 g/mol. The van der Waals surface area contributed by atoms with Crippen LogP contribution in [0.5, 0.6) is 0 Å². The quantitative estimate of drug-likeness (QED) is 0.877. The smallest absolute Gasteiger partial charge is 0.313 e. The van der Waals surface area contributed by atoms with Gasteiger partial charge in [-0.1, -0.05) is 6.07 Å². The molecule has 20 heavy (non-hydrogen) atoms. The van der Waals surface area contributed by atoms with Crippen LogP contribution in [-0.2, 0) is 0 Å². The third-order valence-corrected chi connectivity index (χ3v) is 4.39. The number of nitrogens with zero attached hydrogens (tertiary/aromatic N) is 3. The summed E-state index contributed by atoms with van der Waals surface area (Å²) in [5.41, 5.74) is 1.01. The molecule has 0 amide bonds. The lowest BCUT2D eigenvalue weighted by Crippen LogP contribution is -2.16. The van der Waals surface area contributed by atoms with E-state index in [1.54, 1.807) is 4.57 Å². The fourth-order valence-corrected chi connectivity index (χ4v) is 2.84. The first kappa shape index (κ1) is 13.4. The van der Waals surface area contributed by atoms with E-state index in [1.165, 1.54) is 11.8 Å². The lowest BCUT2D eigenvalue weighted by atomic mass is 10.1. The molecule has 2 N–H and O–H groups in total. The molecule has 1 atom stereocenters. The number of aromatic amines is 1. The number of rotatable bonds is 5. The van der Waals surface area contributed by atoms with Crippen LogP contribution in [0.25, 0.3) is 0 Å². The Labute approximate surface area is 121 Å². The van der Waals surface area contributed by atoms with Gasteiger partial charge in [-0.3, -0.25) is 4.57 Å². The largest absolute Gasteiger partial charge is 0.344 e. The Kier molecular flexibility index (Phi) is 3.62. The maximum atomic E-state index is 11.7. The van der Waals surface area contributed by atoms with E-state index in [4.69, 9.17) is 0 Å². The van der Waals surface area contributed by atoms with E-state index < -0.39 is 0 Å². The summed E-state index contributed by atoms with van der Waals surface area (Å²) in [6.45, 7) is 2.09. The SMILES string of the molecule is CNC(C)c1ccc(Sc2n[nH]c(=O)n2C2CC2)nc1. The summed E-state index contributed by atoms with van der Waals surface area (Å²) in [5, 5.41) is 11.3. The van der Waals surface area contributed by atoms with Crippen molar-refractivity contribution in [1.82, 2.24) is 25.1 Å². The zero-order chi connectivity index (χ0) is 14.1. The van der Waals surface area contributed by atoms with E-state index in [2.05, 4.69) is 27.4 Å². The molecule has 1 aliphatic carbocycles. The molecule has 0 saturated heterocycles. The Morgan fingerprint density at radius 3 is 2.90 bits per heavy atom. The van der Waals surface area contributed by atoms with Crippen molar-refractivity contribution in [3.8, 4) is 0 Å². The van der Waals surface area contributed by atoms with Gasteiger partial charge < -0.3 is 5.32 Å². The topological polar surface area (TPSA) is 75.6 Å². The van der Waals surface area contributed by atoms with E-state index in [1.807, 2.05) is 25.4 Å². The molecule has 0 bridgehead atoms. The third kappa shape index (κ3) is 2.64. The van der Waals surface area contributed by atoms with Gasteiger partial charge in [-0.2, -0.15) is 0 Å². The molecule has 2 aromatic rings. The van der Waals surface area contributed by atoms with Crippen molar-refractivity contribution >= 4 is 11.8 Å². The van der Waals surface area contributed by atoms with E-state index in [0.29, 0.717) is 11.2 Å². The zero-order valence-electron chi connectivity index (χ0n) is 11.5. The molecule has 0 aliphatic heterocycles. The minimum Gasteiger partial charge on any atom is -0.313 e. The van der Waals surface area contributed by atoms with E-state index >= 15 is 0 Å². The summed E-state index contributed by atoms with van der Waals surface area (Å²) < 4.78 is 1.73. The number of aromatic nitrogens is 4. The molecule has 1 fully saturated rings. The second kappa shape index (κ2) is 5.41. The Bertz CT molecular complexity index is 644. The predicted octanol–water partition coefficient (Wildman–Crippen LogP) is 1.73. The molecule has 6 nitrogen and oxygen atoms in total. The molecule has 0 spiro atoms. The molecule has 3 rings (SSSR count). The van der Waals surface area contributed by atoms with Crippen molar-refractivity contribution in [1.29, 1.82) is 0 Å². The van der Waals surface area contributed by atoms with Crippen LogP contribution in [-0.4, -0.2) is 26.8 Å². The Morgan fingerprint density at radius 1 is 1.50 bits per heavy atom. The van der Waals surface area contributed by atoms with Crippen LogP contribution in [0.2, 0.25) is 0 Å². The van der Waals surface area contributed by atoms with Gasteiger partial charge in [0, 0.05) is 18.3 Å². The minimum absolute atomic E-state index is 0.129. The van der Waals surface area contributed by atoms with Gasteiger partial charge in [0.25, 0.3) is 0 Å². The number of hydrogen-bond donors (Lipinski definition) is 2. The molecule has 106 valence electrons. The fraction of sp³-hybridized carbons (Fsp3) is 0.462. The predicted molar refractivity (Wildman–Crippen MR) is 77.0 cm³/mol. The van der Waals surface area contributed by atoms with Crippen molar-refractivity contribution in [2.45, 2.75) is 42.0 Å². The van der Waals surface area contributed by atoms with Crippen LogP contribution in [0, 0.1) is 0 Å². The van der Waals surface area contributed by atoms with Crippen LogP contribution in [0.1, 0.15) is 37.4 Å².